The molecule has 0 fully saturated rings. The number of anilines is 1. The molecule has 0 bridgehead atoms. The second-order valence-electron chi connectivity index (χ2n) is 3.88. The minimum atomic E-state index is -4.34. The van der Waals surface area contributed by atoms with Gasteiger partial charge in [0.25, 0.3) is 0 Å². The van der Waals surface area contributed by atoms with Crippen molar-refractivity contribution in [3.05, 3.63) is 41.2 Å². The van der Waals surface area contributed by atoms with Crippen molar-refractivity contribution in [3.63, 3.8) is 0 Å². The van der Waals surface area contributed by atoms with Crippen LogP contribution in [0.25, 0.3) is 0 Å². The van der Waals surface area contributed by atoms with Crippen molar-refractivity contribution in [2.45, 2.75) is 26.1 Å². The van der Waals surface area contributed by atoms with Gasteiger partial charge in [-0.1, -0.05) is 25.1 Å². The normalized spacial score (nSPS) is 11.6. The Morgan fingerprint density at radius 3 is 2.63 bits per heavy atom. The van der Waals surface area contributed by atoms with Crippen LogP contribution in [-0.4, -0.2) is 9.36 Å². The summed E-state index contributed by atoms with van der Waals surface area (Å²) >= 11 is 1.15. The van der Waals surface area contributed by atoms with E-state index in [1.165, 1.54) is 12.1 Å². The molecule has 0 aliphatic heterocycles. The Balaban J connectivity index is 2.11. The largest absolute Gasteiger partial charge is 0.416 e. The van der Waals surface area contributed by atoms with Crippen LogP contribution in [0.3, 0.4) is 0 Å². The Kier molecular flexibility index (Phi) is 4.04. The van der Waals surface area contributed by atoms with Crippen LogP contribution in [0.1, 0.15) is 23.9 Å². The lowest BCUT2D eigenvalue weighted by molar-refractivity contribution is -0.138. The highest BCUT2D eigenvalue weighted by Gasteiger charge is 2.32. The second-order valence-corrected chi connectivity index (χ2v) is 4.63. The molecule has 1 aromatic heterocycles. The fourth-order valence-electron chi connectivity index (χ4n) is 1.59. The first-order valence-corrected chi connectivity index (χ1v) is 6.49. The van der Waals surface area contributed by atoms with Crippen LogP contribution in [0.2, 0.25) is 0 Å². The standard InChI is InChI=1S/C12H12F3N3S/c1-2-10-17-11(19-18-10)16-7-8-5-3-4-6-9(8)12(13,14)15/h3-6H,2,7H2,1H3,(H,16,17,18). The number of hydrogen-bond acceptors (Lipinski definition) is 4. The van der Waals surface area contributed by atoms with E-state index in [0.29, 0.717) is 17.4 Å². The third kappa shape index (κ3) is 3.44. The van der Waals surface area contributed by atoms with E-state index in [-0.39, 0.29) is 12.1 Å². The van der Waals surface area contributed by atoms with Crippen molar-refractivity contribution < 1.29 is 13.2 Å². The van der Waals surface area contributed by atoms with Gasteiger partial charge in [0, 0.05) is 24.5 Å². The first-order valence-electron chi connectivity index (χ1n) is 5.72. The zero-order valence-corrected chi connectivity index (χ0v) is 11.0. The number of benzene rings is 1. The van der Waals surface area contributed by atoms with Gasteiger partial charge in [0.05, 0.1) is 5.56 Å². The average molecular weight is 287 g/mol. The molecule has 0 aliphatic rings. The molecule has 2 aromatic rings. The summed E-state index contributed by atoms with van der Waals surface area (Å²) in [6, 6.07) is 5.50. The zero-order valence-electron chi connectivity index (χ0n) is 10.2. The number of nitrogens with one attached hydrogen (secondary N) is 1. The van der Waals surface area contributed by atoms with Crippen molar-refractivity contribution in [1.82, 2.24) is 9.36 Å². The molecule has 1 heterocycles. The van der Waals surface area contributed by atoms with Crippen LogP contribution in [-0.2, 0) is 19.1 Å². The van der Waals surface area contributed by atoms with Gasteiger partial charge >= 0.3 is 6.18 Å². The average Bonchev–Trinajstić information content (AvgIpc) is 2.83. The Labute approximate surface area is 112 Å². The molecule has 0 saturated carbocycles. The summed E-state index contributed by atoms with van der Waals surface area (Å²) in [6.45, 7) is 2.00. The van der Waals surface area contributed by atoms with Crippen molar-refractivity contribution in [3.8, 4) is 0 Å². The molecular formula is C12H12F3N3S. The Bertz CT molecular complexity index is 551. The molecule has 0 unspecified atom stereocenters. The molecule has 0 atom stereocenters. The molecule has 0 saturated heterocycles. The number of nitrogens with zero attached hydrogens (tertiary/aromatic N) is 2. The summed E-state index contributed by atoms with van der Waals surface area (Å²) in [5, 5.41) is 3.41. The summed E-state index contributed by atoms with van der Waals surface area (Å²) in [7, 11) is 0. The van der Waals surface area contributed by atoms with Gasteiger partial charge in [0.15, 0.2) is 0 Å². The van der Waals surface area contributed by atoms with Gasteiger partial charge < -0.3 is 5.32 Å². The monoisotopic (exact) mass is 287 g/mol. The maximum absolute atomic E-state index is 12.8. The SMILES string of the molecule is CCc1nsc(NCc2ccccc2C(F)(F)F)n1. The summed E-state index contributed by atoms with van der Waals surface area (Å²) in [6.07, 6.45) is -3.63. The van der Waals surface area contributed by atoms with Crippen molar-refractivity contribution >= 4 is 16.7 Å². The van der Waals surface area contributed by atoms with Gasteiger partial charge in [0.2, 0.25) is 5.13 Å². The minimum absolute atomic E-state index is 0.0774. The van der Waals surface area contributed by atoms with E-state index in [1.807, 2.05) is 6.92 Å². The number of aromatic nitrogens is 2. The smallest absolute Gasteiger partial charge is 0.356 e. The van der Waals surface area contributed by atoms with Crippen LogP contribution in [0.5, 0.6) is 0 Å². The van der Waals surface area contributed by atoms with Crippen molar-refractivity contribution in [2.24, 2.45) is 0 Å². The first kappa shape index (κ1) is 13.8. The first-order chi connectivity index (χ1) is 9.00. The van der Waals surface area contributed by atoms with Gasteiger partial charge in [-0.25, -0.2) is 4.98 Å². The molecule has 0 radical (unpaired) electrons. The van der Waals surface area contributed by atoms with E-state index in [2.05, 4.69) is 14.7 Å². The Hall–Kier alpha value is -1.63. The van der Waals surface area contributed by atoms with Gasteiger partial charge in [-0.15, -0.1) is 0 Å². The van der Waals surface area contributed by atoms with Gasteiger partial charge in [-0.05, 0) is 11.6 Å². The highest BCUT2D eigenvalue weighted by Crippen LogP contribution is 2.32. The molecule has 1 N–H and O–H groups in total. The summed E-state index contributed by atoms with van der Waals surface area (Å²) in [5.41, 5.74) is -0.425. The molecule has 0 amide bonds. The summed E-state index contributed by atoms with van der Waals surface area (Å²) in [4.78, 5) is 4.15. The van der Waals surface area contributed by atoms with Crippen molar-refractivity contribution in [2.75, 3.05) is 5.32 Å². The molecule has 0 aliphatic carbocycles. The lowest BCUT2D eigenvalue weighted by Gasteiger charge is -2.12. The Morgan fingerprint density at radius 2 is 2.00 bits per heavy atom. The zero-order chi connectivity index (χ0) is 13.9. The molecule has 2 rings (SSSR count). The van der Waals surface area contributed by atoms with Gasteiger partial charge in [-0.3, -0.25) is 0 Å². The summed E-state index contributed by atoms with van der Waals surface area (Å²) in [5.74, 6) is 0.691. The van der Waals surface area contributed by atoms with Crippen molar-refractivity contribution in [1.29, 1.82) is 0 Å². The molecule has 1 aromatic carbocycles. The third-order valence-corrected chi connectivity index (χ3v) is 3.25. The molecule has 19 heavy (non-hydrogen) atoms. The number of alkyl halides is 3. The highest BCUT2D eigenvalue weighted by molar-refractivity contribution is 7.09. The van der Waals surface area contributed by atoms with E-state index in [4.69, 9.17) is 0 Å². The molecule has 102 valence electrons. The third-order valence-electron chi connectivity index (χ3n) is 2.54. The quantitative estimate of drug-likeness (QED) is 0.931. The minimum Gasteiger partial charge on any atom is -0.356 e. The lowest BCUT2D eigenvalue weighted by Crippen LogP contribution is -2.11. The number of aryl methyl sites for hydroxylation is 1. The Morgan fingerprint density at radius 1 is 1.26 bits per heavy atom. The van der Waals surface area contributed by atoms with Crippen LogP contribution < -0.4 is 5.32 Å². The van der Waals surface area contributed by atoms with Gasteiger partial charge in [-0.2, -0.15) is 17.5 Å². The molecule has 7 heteroatoms. The van der Waals surface area contributed by atoms with E-state index < -0.39 is 11.7 Å². The van der Waals surface area contributed by atoms with E-state index >= 15 is 0 Å². The molecule has 3 nitrogen and oxygen atoms in total. The predicted molar refractivity (Wildman–Crippen MR) is 68.1 cm³/mol. The van der Waals surface area contributed by atoms with Crippen LogP contribution in [0.15, 0.2) is 24.3 Å². The fourth-order valence-corrected chi connectivity index (χ4v) is 2.24. The lowest BCUT2D eigenvalue weighted by atomic mass is 10.1. The van der Waals surface area contributed by atoms with E-state index in [0.717, 1.165) is 17.6 Å². The number of hydrogen-bond donors (Lipinski definition) is 1. The fraction of sp³-hybridized carbons (Fsp3) is 0.333. The number of halogens is 3. The van der Waals surface area contributed by atoms with Crippen LogP contribution in [0, 0.1) is 0 Å². The molecular weight excluding hydrogens is 275 g/mol. The summed E-state index contributed by atoms with van der Waals surface area (Å²) < 4.78 is 42.4. The molecule has 0 spiro atoms. The van der Waals surface area contributed by atoms with Crippen LogP contribution >= 0.6 is 11.5 Å². The maximum Gasteiger partial charge on any atom is 0.416 e. The highest BCUT2D eigenvalue weighted by atomic mass is 32.1. The number of rotatable bonds is 4. The van der Waals surface area contributed by atoms with Gasteiger partial charge in [0.1, 0.15) is 5.82 Å². The van der Waals surface area contributed by atoms with E-state index in [1.54, 1.807) is 6.07 Å². The predicted octanol–water partition coefficient (Wildman–Crippen LogP) is 3.73. The maximum atomic E-state index is 12.8. The van der Waals surface area contributed by atoms with E-state index in [9.17, 15) is 13.2 Å². The topological polar surface area (TPSA) is 37.8 Å². The second kappa shape index (κ2) is 5.56. The van der Waals surface area contributed by atoms with Crippen LogP contribution in [0.4, 0.5) is 18.3 Å².